The third kappa shape index (κ3) is 1.14. The fourth-order valence-electron chi connectivity index (χ4n) is 1.62. The predicted octanol–water partition coefficient (Wildman–Crippen LogP) is -2.00. The second-order valence-corrected chi connectivity index (χ2v) is 3.04. The summed E-state index contributed by atoms with van der Waals surface area (Å²) in [6, 6.07) is 0. The highest BCUT2D eigenvalue weighted by Crippen LogP contribution is 2.32. The summed E-state index contributed by atoms with van der Waals surface area (Å²) in [5.74, 6) is -0.566. The van der Waals surface area contributed by atoms with E-state index in [9.17, 15) is 9.90 Å². The smallest absolute Gasteiger partial charge is 0.338 e. The van der Waals surface area contributed by atoms with Crippen LogP contribution in [0.2, 0.25) is 0 Å². The number of ether oxygens (including phenoxy) is 3. The summed E-state index contributed by atoms with van der Waals surface area (Å²) in [5.41, 5.74) is 0. The Kier molecular flexibility index (Phi) is 1.99. The Morgan fingerprint density at radius 3 is 2.69 bits per heavy atom. The largest absolute Gasteiger partial charge is 0.454 e. The van der Waals surface area contributed by atoms with E-state index in [2.05, 4.69) is 0 Å². The maximum Gasteiger partial charge on any atom is 0.338 e. The van der Waals surface area contributed by atoms with Crippen molar-refractivity contribution in [2.75, 3.05) is 7.11 Å². The van der Waals surface area contributed by atoms with Crippen molar-refractivity contribution in [3.05, 3.63) is 0 Å². The van der Waals surface area contributed by atoms with E-state index in [1.54, 1.807) is 0 Å². The van der Waals surface area contributed by atoms with Gasteiger partial charge >= 0.3 is 5.97 Å². The summed E-state index contributed by atoms with van der Waals surface area (Å²) in [4.78, 5) is 11.1. The lowest BCUT2D eigenvalue weighted by Gasteiger charge is -2.11. The van der Waals surface area contributed by atoms with E-state index in [0.717, 1.165) is 0 Å². The molecule has 0 amide bonds. The molecule has 6 nitrogen and oxygen atoms in total. The fraction of sp³-hybridized carbons (Fsp3) is 0.857. The molecule has 2 aliphatic heterocycles. The van der Waals surface area contributed by atoms with Crippen molar-refractivity contribution in [1.29, 1.82) is 0 Å². The summed E-state index contributed by atoms with van der Waals surface area (Å²) in [6.07, 6.45) is -4.86. The van der Waals surface area contributed by atoms with Crippen molar-refractivity contribution >= 4 is 5.97 Å². The van der Waals surface area contributed by atoms with Gasteiger partial charge in [0.05, 0.1) is 0 Å². The Morgan fingerprint density at radius 1 is 1.38 bits per heavy atom. The van der Waals surface area contributed by atoms with Crippen LogP contribution in [0.3, 0.4) is 0 Å². The summed E-state index contributed by atoms with van der Waals surface area (Å²) in [6.45, 7) is 0. The van der Waals surface area contributed by atoms with E-state index in [4.69, 9.17) is 19.3 Å². The van der Waals surface area contributed by atoms with Crippen molar-refractivity contribution in [2.45, 2.75) is 30.7 Å². The Balaban J connectivity index is 2.17. The Hall–Kier alpha value is -0.690. The number of hydrogen-bond donors (Lipinski definition) is 2. The minimum Gasteiger partial charge on any atom is -0.454 e. The van der Waals surface area contributed by atoms with Crippen LogP contribution in [-0.2, 0) is 19.0 Å². The van der Waals surface area contributed by atoms with Crippen molar-refractivity contribution in [1.82, 2.24) is 0 Å². The van der Waals surface area contributed by atoms with Gasteiger partial charge in [0.25, 0.3) is 0 Å². The number of methoxy groups -OCH3 is 1. The maximum absolute atomic E-state index is 11.1. The Labute approximate surface area is 74.0 Å². The minimum absolute atomic E-state index is 0.566. The molecule has 0 aromatic rings. The molecule has 0 aliphatic carbocycles. The number of carbonyl (C=O) groups excluding carboxylic acids is 1. The van der Waals surface area contributed by atoms with Gasteiger partial charge in [0, 0.05) is 7.11 Å². The third-order valence-electron chi connectivity index (χ3n) is 2.29. The fourth-order valence-corrected chi connectivity index (χ4v) is 1.62. The zero-order valence-corrected chi connectivity index (χ0v) is 6.91. The van der Waals surface area contributed by atoms with Gasteiger partial charge in [-0.25, -0.2) is 4.79 Å². The summed E-state index contributed by atoms with van der Waals surface area (Å²) in [7, 11) is 1.34. The average molecular weight is 190 g/mol. The second-order valence-electron chi connectivity index (χ2n) is 3.04. The molecule has 0 aromatic heterocycles. The van der Waals surface area contributed by atoms with Gasteiger partial charge in [-0.2, -0.15) is 0 Å². The van der Waals surface area contributed by atoms with Crippen molar-refractivity contribution in [3.63, 3.8) is 0 Å². The first-order valence-corrected chi connectivity index (χ1v) is 3.90. The van der Waals surface area contributed by atoms with Crippen LogP contribution in [0.5, 0.6) is 0 Å². The number of fused-ring (bicyclic) bond motifs is 1. The van der Waals surface area contributed by atoms with Gasteiger partial charge in [0.15, 0.2) is 18.5 Å². The number of aliphatic hydroxyl groups excluding tert-OH is 2. The van der Waals surface area contributed by atoms with Gasteiger partial charge in [0.2, 0.25) is 0 Å². The minimum atomic E-state index is -1.30. The van der Waals surface area contributed by atoms with Crippen LogP contribution in [0, 0.1) is 0 Å². The Bertz CT molecular complexity index is 229. The molecular weight excluding hydrogens is 180 g/mol. The summed E-state index contributed by atoms with van der Waals surface area (Å²) >= 11 is 0. The van der Waals surface area contributed by atoms with Gasteiger partial charge in [-0.05, 0) is 0 Å². The molecule has 2 fully saturated rings. The Morgan fingerprint density at radius 2 is 2.08 bits per heavy atom. The lowest BCUT2D eigenvalue weighted by molar-refractivity contribution is -0.170. The summed E-state index contributed by atoms with van der Waals surface area (Å²) in [5, 5.41) is 18.4. The number of carbonyl (C=O) groups is 1. The van der Waals surface area contributed by atoms with E-state index < -0.39 is 36.7 Å². The number of aliphatic hydroxyl groups is 2. The molecule has 5 atom stereocenters. The molecule has 2 saturated heterocycles. The topological polar surface area (TPSA) is 85.2 Å². The van der Waals surface area contributed by atoms with Crippen LogP contribution in [0.25, 0.3) is 0 Å². The van der Waals surface area contributed by atoms with E-state index in [0.29, 0.717) is 0 Å². The second kappa shape index (κ2) is 2.91. The summed E-state index contributed by atoms with van der Waals surface area (Å²) < 4.78 is 14.5. The molecule has 2 heterocycles. The van der Waals surface area contributed by atoms with Gasteiger partial charge in [0.1, 0.15) is 12.2 Å². The quantitative estimate of drug-likeness (QED) is 0.465. The lowest BCUT2D eigenvalue weighted by Crippen LogP contribution is -2.33. The van der Waals surface area contributed by atoms with Gasteiger partial charge in [-0.1, -0.05) is 0 Å². The van der Waals surface area contributed by atoms with E-state index in [1.807, 2.05) is 0 Å². The zero-order chi connectivity index (χ0) is 9.59. The first-order chi connectivity index (χ1) is 6.15. The van der Waals surface area contributed by atoms with E-state index >= 15 is 0 Å². The van der Waals surface area contributed by atoms with Crippen molar-refractivity contribution in [3.8, 4) is 0 Å². The first kappa shape index (κ1) is 8.89. The third-order valence-corrected chi connectivity index (χ3v) is 2.29. The van der Waals surface area contributed by atoms with Crippen LogP contribution < -0.4 is 0 Å². The highest BCUT2D eigenvalue weighted by molar-refractivity contribution is 5.78. The van der Waals surface area contributed by atoms with E-state index in [-0.39, 0.29) is 0 Å². The molecule has 0 aromatic carbocycles. The van der Waals surface area contributed by atoms with Crippen LogP contribution in [0.4, 0.5) is 0 Å². The highest BCUT2D eigenvalue weighted by atomic mass is 16.7. The van der Waals surface area contributed by atoms with E-state index in [1.165, 1.54) is 7.11 Å². The molecule has 0 radical (unpaired) electrons. The molecule has 13 heavy (non-hydrogen) atoms. The zero-order valence-electron chi connectivity index (χ0n) is 6.91. The molecule has 0 saturated carbocycles. The number of hydrogen-bond acceptors (Lipinski definition) is 6. The molecule has 2 N–H and O–H groups in total. The molecule has 74 valence electrons. The van der Waals surface area contributed by atoms with Gasteiger partial charge < -0.3 is 24.4 Å². The first-order valence-electron chi connectivity index (χ1n) is 3.90. The van der Waals surface area contributed by atoms with Crippen LogP contribution in [0.1, 0.15) is 0 Å². The molecule has 2 aliphatic rings. The normalized spacial score (nSPS) is 49.2. The van der Waals surface area contributed by atoms with Crippen LogP contribution in [-0.4, -0.2) is 54.0 Å². The lowest BCUT2D eigenvalue weighted by atomic mass is 10.1. The van der Waals surface area contributed by atoms with Crippen LogP contribution in [0.15, 0.2) is 0 Å². The molecule has 0 bridgehead atoms. The van der Waals surface area contributed by atoms with Crippen molar-refractivity contribution in [2.24, 2.45) is 0 Å². The molecule has 0 spiro atoms. The van der Waals surface area contributed by atoms with Crippen LogP contribution >= 0.6 is 0 Å². The molecule has 6 heteroatoms. The van der Waals surface area contributed by atoms with Gasteiger partial charge in [-0.3, -0.25) is 0 Å². The molecule has 1 unspecified atom stereocenters. The average Bonchev–Trinajstić information content (AvgIpc) is 2.52. The molecule has 2 rings (SSSR count). The number of esters is 1. The SMILES string of the molecule is CO[C@H]1C(=O)O[C@H]2[C@@H]1OC(O)[C@@H]2O. The predicted molar refractivity (Wildman–Crippen MR) is 37.6 cm³/mol. The van der Waals surface area contributed by atoms with Gasteiger partial charge in [-0.15, -0.1) is 0 Å². The maximum atomic E-state index is 11.1. The van der Waals surface area contributed by atoms with Crippen molar-refractivity contribution < 1.29 is 29.2 Å². The standard InChI is InChI=1S/C7H10O6/c1-11-5-4-3(12-7(5)10)2(8)6(9)13-4/h2-6,8-9H,1H3/t2-,3-,4+,5-,6?/m1/s1. The number of rotatable bonds is 1. The highest BCUT2D eigenvalue weighted by Gasteiger charge is 2.56. The molecular formula is C7H10O6. The monoisotopic (exact) mass is 190 g/mol.